The lowest BCUT2D eigenvalue weighted by Gasteiger charge is -2.39. The summed E-state index contributed by atoms with van der Waals surface area (Å²) in [7, 11) is -2.40. The fourth-order valence-corrected chi connectivity index (χ4v) is 5.66. The van der Waals surface area contributed by atoms with E-state index in [9.17, 15) is 10.0 Å². The van der Waals surface area contributed by atoms with Gasteiger partial charge in [-0.25, -0.2) is 0 Å². The zero-order valence-corrected chi connectivity index (χ0v) is 32.0. The molecule has 0 aromatic carbocycles. The number of hydrogen-bond donors (Lipinski definition) is 0. The molecule has 0 N–H and O–H groups in total. The van der Waals surface area contributed by atoms with Gasteiger partial charge in [0.05, 0.1) is 78.4 Å². The standard InChI is InChI=1S/2C16H36N.C5H5BN2O4/c2*1-5-9-13-17(14-10-6-2,15-11-7-3)16-12-8-4;7-1-5(2-8)3-11-4-12-6(9)10/h2*5-16H2,1-4H3;5H,3-4H2/q2*+1;-2. The third-order valence-corrected chi connectivity index (χ3v) is 8.77. The molecular weight excluding hydrogens is 575 g/mol. The molecule has 0 radical (unpaired) electrons. The van der Waals surface area contributed by atoms with E-state index in [1.54, 1.807) is 12.1 Å². The molecule has 0 aliphatic heterocycles. The van der Waals surface area contributed by atoms with Gasteiger partial charge in [0.2, 0.25) is 0 Å². The normalized spacial score (nSPS) is 11.2. The van der Waals surface area contributed by atoms with E-state index in [4.69, 9.17) is 10.5 Å². The van der Waals surface area contributed by atoms with Crippen LogP contribution in [-0.4, -0.2) is 82.0 Å². The Bertz CT molecular complexity index is 575. The van der Waals surface area contributed by atoms with Crippen molar-refractivity contribution < 1.29 is 28.4 Å². The molecule has 0 unspecified atom stereocenters. The maximum atomic E-state index is 9.72. The minimum Gasteiger partial charge on any atom is -0.871 e. The van der Waals surface area contributed by atoms with E-state index in [1.807, 2.05) is 0 Å². The van der Waals surface area contributed by atoms with Crippen LogP contribution in [-0.2, 0) is 9.39 Å². The van der Waals surface area contributed by atoms with Crippen LogP contribution < -0.4 is 10.0 Å². The van der Waals surface area contributed by atoms with Gasteiger partial charge in [-0.15, -0.1) is 0 Å². The lowest BCUT2D eigenvalue weighted by molar-refractivity contribution is -0.929. The molecule has 0 rings (SSSR count). The maximum Gasteiger partial charge on any atom is 0.156 e. The minimum atomic E-state index is -2.40. The molecule has 0 fully saturated rings. The summed E-state index contributed by atoms with van der Waals surface area (Å²) in [5, 5.41) is 35.9. The Labute approximate surface area is 287 Å². The summed E-state index contributed by atoms with van der Waals surface area (Å²) in [4.78, 5) is 0. The van der Waals surface area contributed by atoms with Gasteiger partial charge in [0.25, 0.3) is 0 Å². The molecule has 0 spiro atoms. The lowest BCUT2D eigenvalue weighted by atomic mass is 10.1. The molecule has 0 atom stereocenters. The third kappa shape index (κ3) is 30.2. The lowest BCUT2D eigenvalue weighted by Crippen LogP contribution is -2.50. The van der Waals surface area contributed by atoms with Crippen molar-refractivity contribution in [2.45, 2.75) is 158 Å². The molecule has 0 aromatic heterocycles. The predicted molar refractivity (Wildman–Crippen MR) is 191 cm³/mol. The van der Waals surface area contributed by atoms with Crippen molar-refractivity contribution in [3.8, 4) is 12.1 Å². The highest BCUT2D eigenvalue weighted by Gasteiger charge is 2.25. The van der Waals surface area contributed by atoms with Gasteiger partial charge in [0.15, 0.2) is 5.92 Å². The van der Waals surface area contributed by atoms with Crippen LogP contribution in [0.1, 0.15) is 158 Å². The molecule has 0 aliphatic carbocycles. The first-order valence-corrected chi connectivity index (χ1v) is 19.2. The summed E-state index contributed by atoms with van der Waals surface area (Å²) in [5.41, 5.74) is 0. The first-order valence-electron chi connectivity index (χ1n) is 19.2. The van der Waals surface area contributed by atoms with E-state index in [2.05, 4.69) is 64.8 Å². The second-order valence-electron chi connectivity index (χ2n) is 13.1. The van der Waals surface area contributed by atoms with Crippen molar-refractivity contribution in [2.75, 3.05) is 65.8 Å². The molecule has 0 aliphatic rings. The maximum absolute atomic E-state index is 9.72. The molecule has 0 aromatic rings. The van der Waals surface area contributed by atoms with Crippen LogP contribution in [0.2, 0.25) is 0 Å². The van der Waals surface area contributed by atoms with E-state index >= 15 is 0 Å². The monoisotopic (exact) mass is 653 g/mol. The Morgan fingerprint density at radius 2 is 0.739 bits per heavy atom. The zero-order chi connectivity index (χ0) is 35.4. The molecular formula is C37H77BN4O4. The fraction of sp³-hybridized carbons (Fsp3) is 0.946. The van der Waals surface area contributed by atoms with Gasteiger partial charge in [-0.1, -0.05) is 107 Å². The summed E-state index contributed by atoms with van der Waals surface area (Å²) in [6.45, 7) is 29.4. The van der Waals surface area contributed by atoms with Crippen LogP contribution in [0.25, 0.3) is 0 Å². The molecule has 0 saturated heterocycles. The van der Waals surface area contributed by atoms with E-state index in [0.29, 0.717) is 0 Å². The second-order valence-corrected chi connectivity index (χ2v) is 13.1. The van der Waals surface area contributed by atoms with Crippen LogP contribution in [0, 0.1) is 28.6 Å². The summed E-state index contributed by atoms with van der Waals surface area (Å²) in [5.74, 6) is -0.898. The van der Waals surface area contributed by atoms with Gasteiger partial charge < -0.3 is 28.4 Å². The summed E-state index contributed by atoms with van der Waals surface area (Å²) >= 11 is 0. The Kier molecular flexibility index (Phi) is 39.2. The summed E-state index contributed by atoms with van der Waals surface area (Å²) in [6, 6.07) is 3.28. The average molecular weight is 653 g/mol. The van der Waals surface area contributed by atoms with Gasteiger partial charge in [0.1, 0.15) is 6.79 Å². The first-order chi connectivity index (χ1) is 22.2. The van der Waals surface area contributed by atoms with Gasteiger partial charge in [-0.05, 0) is 51.4 Å². The van der Waals surface area contributed by atoms with Gasteiger partial charge >= 0.3 is 0 Å². The molecule has 0 saturated carbocycles. The second kappa shape index (κ2) is 36.6. The molecule has 46 heavy (non-hydrogen) atoms. The van der Waals surface area contributed by atoms with Crippen LogP contribution in [0.4, 0.5) is 0 Å². The average Bonchev–Trinajstić information content (AvgIpc) is 3.07. The Balaban J connectivity index is -0.000000614. The Hall–Kier alpha value is -1.20. The van der Waals surface area contributed by atoms with E-state index in [1.165, 1.54) is 164 Å². The number of nitriles is 2. The molecule has 0 amide bonds. The van der Waals surface area contributed by atoms with Crippen molar-refractivity contribution in [3.63, 3.8) is 0 Å². The highest BCUT2D eigenvalue weighted by molar-refractivity contribution is 6.28. The number of nitrogens with zero attached hydrogens (tertiary/aromatic N) is 4. The summed E-state index contributed by atoms with van der Waals surface area (Å²) < 4.78 is 11.3. The highest BCUT2D eigenvalue weighted by atomic mass is 16.7. The zero-order valence-electron chi connectivity index (χ0n) is 32.0. The van der Waals surface area contributed by atoms with Gasteiger partial charge in [-0.2, -0.15) is 10.5 Å². The van der Waals surface area contributed by atoms with Crippen LogP contribution in [0.5, 0.6) is 0 Å². The van der Waals surface area contributed by atoms with E-state index < -0.39 is 20.0 Å². The first kappa shape index (κ1) is 49.2. The number of quaternary nitrogens is 2. The van der Waals surface area contributed by atoms with Crippen molar-refractivity contribution in [1.29, 1.82) is 10.5 Å². The quantitative estimate of drug-likeness (QED) is 0.0361. The Morgan fingerprint density at radius 3 is 0.913 bits per heavy atom. The van der Waals surface area contributed by atoms with Crippen molar-refractivity contribution >= 4 is 7.32 Å². The third-order valence-electron chi connectivity index (χ3n) is 8.77. The molecule has 0 bridgehead atoms. The number of unbranched alkanes of at least 4 members (excludes halogenated alkanes) is 8. The van der Waals surface area contributed by atoms with Crippen molar-refractivity contribution in [1.82, 2.24) is 0 Å². The van der Waals surface area contributed by atoms with Crippen molar-refractivity contribution in [2.24, 2.45) is 5.92 Å². The van der Waals surface area contributed by atoms with Crippen molar-refractivity contribution in [3.05, 3.63) is 0 Å². The topological polar surface area (TPSA) is 112 Å². The van der Waals surface area contributed by atoms with Gasteiger partial charge in [-0.3, -0.25) is 0 Å². The predicted octanol–water partition coefficient (Wildman–Crippen LogP) is 7.35. The number of hydrogen-bond acceptors (Lipinski definition) is 6. The summed E-state index contributed by atoms with van der Waals surface area (Å²) in [6.07, 6.45) is 22.1. The Morgan fingerprint density at radius 1 is 0.500 bits per heavy atom. The molecule has 8 nitrogen and oxygen atoms in total. The minimum absolute atomic E-state index is 0.167. The highest BCUT2D eigenvalue weighted by Crippen LogP contribution is 2.17. The smallest absolute Gasteiger partial charge is 0.156 e. The molecule has 0 heterocycles. The SMILES string of the molecule is CCCC[N+](CCCC)(CCCC)CCCC.CCCC[N+](CCCC)(CCCC)CCCC.N#CC(C#N)COCOB([O-])[O-]. The number of ether oxygens (including phenoxy) is 1. The van der Waals surface area contributed by atoms with E-state index in [-0.39, 0.29) is 6.61 Å². The number of rotatable bonds is 29. The van der Waals surface area contributed by atoms with Crippen LogP contribution in [0.15, 0.2) is 0 Å². The molecule has 9 heteroatoms. The van der Waals surface area contributed by atoms with Gasteiger partial charge in [0, 0.05) is 0 Å². The van der Waals surface area contributed by atoms with E-state index in [0.717, 1.165) is 0 Å². The van der Waals surface area contributed by atoms with Crippen LogP contribution >= 0.6 is 0 Å². The van der Waals surface area contributed by atoms with Crippen LogP contribution in [0.3, 0.4) is 0 Å². The molecule has 272 valence electrons. The fourth-order valence-electron chi connectivity index (χ4n) is 5.66. The largest absolute Gasteiger partial charge is 0.871 e.